The third kappa shape index (κ3) is 5.84. The van der Waals surface area contributed by atoms with E-state index in [0.717, 1.165) is 59.8 Å². The minimum atomic E-state index is 0.0590. The van der Waals surface area contributed by atoms with Gasteiger partial charge in [-0.3, -0.25) is 4.79 Å². The van der Waals surface area contributed by atoms with Gasteiger partial charge in [-0.25, -0.2) is 0 Å². The van der Waals surface area contributed by atoms with Crippen molar-refractivity contribution in [1.82, 2.24) is 10.2 Å². The predicted molar refractivity (Wildman–Crippen MR) is 140 cm³/mol. The summed E-state index contributed by atoms with van der Waals surface area (Å²) in [6.07, 6.45) is 12.5. The van der Waals surface area contributed by atoms with Crippen LogP contribution in [-0.2, 0) is 4.79 Å². The van der Waals surface area contributed by atoms with E-state index >= 15 is 0 Å². The number of rotatable bonds is 3. The van der Waals surface area contributed by atoms with Crippen LogP contribution in [0, 0.1) is 34.5 Å². The Morgan fingerprint density at radius 3 is 2.03 bits per heavy atom. The molecule has 1 aliphatic heterocycles. The number of ether oxygens (including phenoxy) is 2. The molecule has 2 N–H and O–H groups in total. The van der Waals surface area contributed by atoms with Crippen molar-refractivity contribution in [2.24, 2.45) is 29.1 Å². The van der Waals surface area contributed by atoms with Crippen LogP contribution in [0.1, 0.15) is 64.2 Å². The van der Waals surface area contributed by atoms with E-state index in [2.05, 4.69) is 17.3 Å². The number of carbonyl (C=O) groups excluding carboxylic acids is 1. The highest BCUT2D eigenvalue weighted by Crippen LogP contribution is 2.60. The zero-order valence-corrected chi connectivity index (χ0v) is 22.1. The van der Waals surface area contributed by atoms with Crippen molar-refractivity contribution < 1.29 is 14.3 Å². The summed E-state index contributed by atoms with van der Waals surface area (Å²) >= 11 is 0. The number of likely N-dealkylation sites (tertiary alicyclic amines) is 1. The fraction of sp³-hybridized carbons (Fsp3) is 0.724. The van der Waals surface area contributed by atoms with Gasteiger partial charge in [-0.05, 0) is 107 Å². The number of nitrogens with zero attached hydrogens (tertiary/aromatic N) is 1. The second-order valence-corrected chi connectivity index (χ2v) is 11.6. The molecular weight excluding hydrogens is 438 g/mol. The van der Waals surface area contributed by atoms with E-state index in [1.807, 2.05) is 24.3 Å². The number of hydrogen-bond acceptors (Lipinski definition) is 5. The zero-order valence-electron chi connectivity index (χ0n) is 22.1. The number of para-hydroxylation sites is 2. The maximum atomic E-state index is 12.0. The summed E-state index contributed by atoms with van der Waals surface area (Å²) in [5, 5.41) is 10.5. The third-order valence-corrected chi connectivity index (χ3v) is 9.27. The van der Waals surface area contributed by atoms with E-state index in [4.69, 9.17) is 14.9 Å². The first-order valence-electron chi connectivity index (χ1n) is 13.5. The first-order chi connectivity index (χ1) is 16.9. The lowest BCUT2D eigenvalue weighted by molar-refractivity contribution is -0.145. The molecule has 1 heterocycles. The van der Waals surface area contributed by atoms with E-state index in [1.54, 1.807) is 21.3 Å². The second kappa shape index (κ2) is 11.3. The standard InChI is InChI=1S/C12H19NO.C9H16N2.C8H10O2/c1-13-11(14)12-5-8-2-9(6-12)4-10(3-8)7-12;1-11-5-4-7-2-3-8(10)6-9(7)11;1-9-7-5-3-4-6-8(7)10-2/h8-10H,2-7H2,1H3,(H,13,14);7,9-10H,2-6H2,1H3;3-6H,1-2H3. The van der Waals surface area contributed by atoms with Gasteiger partial charge in [0.05, 0.1) is 14.2 Å². The minimum absolute atomic E-state index is 0.0590. The maximum Gasteiger partial charge on any atom is 0.225 e. The maximum absolute atomic E-state index is 12.0. The molecule has 6 heteroatoms. The van der Waals surface area contributed by atoms with E-state index in [9.17, 15) is 4.79 Å². The summed E-state index contributed by atoms with van der Waals surface area (Å²) in [5.74, 6) is 5.40. The monoisotopic (exact) mass is 483 g/mol. The van der Waals surface area contributed by atoms with E-state index in [0.29, 0.717) is 5.91 Å². The molecule has 1 saturated heterocycles. The van der Waals surface area contributed by atoms with Crippen LogP contribution in [0.25, 0.3) is 0 Å². The summed E-state index contributed by atoms with van der Waals surface area (Å²) < 4.78 is 10.0. The Morgan fingerprint density at radius 2 is 1.54 bits per heavy atom. The number of amides is 1. The summed E-state index contributed by atoms with van der Waals surface area (Å²) in [4.78, 5) is 14.4. The molecule has 1 aromatic rings. The average molecular weight is 484 g/mol. The first kappa shape index (κ1) is 26.0. The summed E-state index contributed by atoms with van der Waals surface area (Å²) in [6.45, 7) is 1.25. The van der Waals surface area contributed by atoms with Gasteiger partial charge in [-0.15, -0.1) is 0 Å². The molecule has 35 heavy (non-hydrogen) atoms. The van der Waals surface area contributed by atoms with Gasteiger partial charge in [0.15, 0.2) is 11.5 Å². The highest BCUT2D eigenvalue weighted by molar-refractivity contribution is 5.83. The van der Waals surface area contributed by atoms with E-state index < -0.39 is 0 Å². The summed E-state index contributed by atoms with van der Waals surface area (Å²) in [7, 11) is 7.24. The van der Waals surface area contributed by atoms with Crippen molar-refractivity contribution in [3.8, 4) is 11.5 Å². The Balaban J connectivity index is 0.000000126. The molecule has 4 bridgehead atoms. The minimum Gasteiger partial charge on any atom is -0.493 e. The van der Waals surface area contributed by atoms with Gasteiger partial charge < -0.3 is 25.1 Å². The third-order valence-electron chi connectivity index (χ3n) is 9.27. The Morgan fingerprint density at radius 1 is 1.00 bits per heavy atom. The van der Waals surface area contributed by atoms with E-state index in [-0.39, 0.29) is 5.41 Å². The second-order valence-electron chi connectivity index (χ2n) is 11.6. The molecule has 1 amide bonds. The molecule has 5 saturated carbocycles. The topological polar surface area (TPSA) is 74.7 Å². The molecule has 194 valence electrons. The average Bonchev–Trinajstić information content (AvgIpc) is 3.23. The van der Waals surface area contributed by atoms with Crippen LogP contribution in [0.3, 0.4) is 0 Å². The van der Waals surface area contributed by atoms with Crippen LogP contribution in [0.15, 0.2) is 24.3 Å². The Bertz CT molecular complexity index is 827. The van der Waals surface area contributed by atoms with Gasteiger partial charge in [0.25, 0.3) is 0 Å². The van der Waals surface area contributed by atoms with Crippen molar-refractivity contribution in [1.29, 1.82) is 5.41 Å². The predicted octanol–water partition coefficient (Wildman–Crippen LogP) is 5.16. The first-order valence-corrected chi connectivity index (χ1v) is 13.5. The van der Waals surface area contributed by atoms with Crippen LogP contribution < -0.4 is 14.8 Å². The molecule has 2 unspecified atom stereocenters. The number of fused-ring (bicyclic) bond motifs is 1. The molecule has 7 rings (SSSR count). The van der Waals surface area contributed by atoms with Gasteiger partial charge >= 0.3 is 0 Å². The van der Waals surface area contributed by atoms with Crippen LogP contribution in [0.5, 0.6) is 11.5 Å². The number of benzene rings is 1. The lowest BCUT2D eigenvalue weighted by atomic mass is 9.49. The number of methoxy groups -OCH3 is 2. The highest BCUT2D eigenvalue weighted by Gasteiger charge is 2.54. The quantitative estimate of drug-likeness (QED) is 0.623. The number of carbonyl (C=O) groups is 1. The van der Waals surface area contributed by atoms with Crippen molar-refractivity contribution in [2.75, 3.05) is 34.9 Å². The summed E-state index contributed by atoms with van der Waals surface area (Å²) in [5.41, 5.74) is 1.03. The number of hydrogen-bond donors (Lipinski definition) is 2. The van der Waals surface area contributed by atoms with E-state index in [1.165, 1.54) is 57.9 Å². The summed E-state index contributed by atoms with van der Waals surface area (Å²) in [6, 6.07) is 8.25. The molecule has 2 atom stereocenters. The van der Waals surface area contributed by atoms with Crippen LogP contribution in [0.4, 0.5) is 0 Å². The molecular formula is C29H45N3O3. The molecule has 1 aromatic carbocycles. The van der Waals surface area contributed by atoms with Crippen molar-refractivity contribution in [3.63, 3.8) is 0 Å². The SMILES string of the molecule is CN1CCC2CCC(=N)CC21.CNC(=O)C12CC3CC(CC(C3)C1)C2.COc1ccccc1OC. The van der Waals surface area contributed by atoms with Gasteiger partial charge in [-0.1, -0.05) is 12.1 Å². The largest absolute Gasteiger partial charge is 0.493 e. The Hall–Kier alpha value is -2.08. The Labute approximate surface area is 211 Å². The molecule has 6 nitrogen and oxygen atoms in total. The van der Waals surface area contributed by atoms with Crippen molar-refractivity contribution >= 4 is 11.6 Å². The van der Waals surface area contributed by atoms with Crippen LogP contribution >= 0.6 is 0 Å². The molecule has 0 radical (unpaired) electrons. The fourth-order valence-corrected chi connectivity index (χ4v) is 7.90. The Kier molecular flexibility index (Phi) is 8.41. The molecule has 6 fully saturated rings. The van der Waals surface area contributed by atoms with Gasteiger partial charge in [0.1, 0.15) is 0 Å². The smallest absolute Gasteiger partial charge is 0.225 e. The van der Waals surface area contributed by atoms with Gasteiger partial charge in [0.2, 0.25) is 5.91 Å². The zero-order chi connectivity index (χ0) is 25.0. The van der Waals surface area contributed by atoms with Gasteiger partial charge in [0, 0.05) is 30.6 Å². The molecule has 0 spiro atoms. The normalized spacial score (nSPS) is 34.6. The molecule has 0 aromatic heterocycles. The molecule has 6 aliphatic rings. The van der Waals surface area contributed by atoms with Crippen molar-refractivity contribution in [3.05, 3.63) is 24.3 Å². The van der Waals surface area contributed by atoms with Crippen LogP contribution in [0.2, 0.25) is 0 Å². The fourth-order valence-electron chi connectivity index (χ4n) is 7.90. The highest BCUT2D eigenvalue weighted by atomic mass is 16.5. The lowest BCUT2D eigenvalue weighted by Gasteiger charge is -2.55. The molecule has 5 aliphatic carbocycles. The van der Waals surface area contributed by atoms with Gasteiger partial charge in [-0.2, -0.15) is 0 Å². The van der Waals surface area contributed by atoms with Crippen LogP contribution in [-0.4, -0.2) is 57.4 Å². The number of nitrogens with one attached hydrogen (secondary N) is 2. The lowest BCUT2D eigenvalue weighted by Crippen LogP contribution is -2.52. The van der Waals surface area contributed by atoms with Crippen molar-refractivity contribution in [2.45, 2.75) is 70.3 Å².